The first-order valence-electron chi connectivity index (χ1n) is 6.69. The predicted molar refractivity (Wildman–Crippen MR) is 85.9 cm³/mol. The van der Waals surface area contributed by atoms with Gasteiger partial charge in [-0.25, -0.2) is 4.98 Å². The molecule has 0 saturated carbocycles. The standard InChI is InChI=1S/C15H11N3O2S2/c1-9(14-17-13(18-20-14)11-6-4-8-19-11)21-15-16-10-5-2-3-7-12(10)22-15/h2-9H,1H3/t9-/m0/s1. The lowest BCUT2D eigenvalue weighted by molar-refractivity contribution is 0.379. The van der Waals surface area contributed by atoms with Crippen LogP contribution in [0.2, 0.25) is 0 Å². The molecule has 0 aliphatic heterocycles. The second-order valence-electron chi connectivity index (χ2n) is 4.64. The van der Waals surface area contributed by atoms with E-state index in [9.17, 15) is 0 Å². The monoisotopic (exact) mass is 329 g/mol. The topological polar surface area (TPSA) is 65.0 Å². The first kappa shape index (κ1) is 13.5. The van der Waals surface area contributed by atoms with Crippen LogP contribution in [0, 0.1) is 0 Å². The molecule has 22 heavy (non-hydrogen) atoms. The minimum Gasteiger partial charge on any atom is -0.461 e. The van der Waals surface area contributed by atoms with Gasteiger partial charge in [0.25, 0.3) is 0 Å². The zero-order chi connectivity index (χ0) is 14.9. The molecule has 0 radical (unpaired) electrons. The fourth-order valence-electron chi connectivity index (χ4n) is 2.01. The third-order valence-corrected chi connectivity index (χ3v) is 5.30. The molecule has 0 N–H and O–H groups in total. The zero-order valence-electron chi connectivity index (χ0n) is 11.6. The number of thioether (sulfide) groups is 1. The van der Waals surface area contributed by atoms with E-state index < -0.39 is 0 Å². The van der Waals surface area contributed by atoms with Gasteiger partial charge < -0.3 is 8.94 Å². The summed E-state index contributed by atoms with van der Waals surface area (Å²) < 4.78 is 12.8. The molecule has 4 aromatic rings. The number of nitrogens with zero attached hydrogens (tertiary/aromatic N) is 3. The van der Waals surface area contributed by atoms with E-state index in [-0.39, 0.29) is 5.25 Å². The quantitative estimate of drug-likeness (QED) is 0.501. The molecule has 1 aromatic carbocycles. The lowest BCUT2D eigenvalue weighted by Gasteiger charge is -2.01. The smallest absolute Gasteiger partial charge is 0.240 e. The third-order valence-electron chi connectivity index (χ3n) is 3.08. The van der Waals surface area contributed by atoms with Crippen LogP contribution < -0.4 is 0 Å². The van der Waals surface area contributed by atoms with Gasteiger partial charge in [0.2, 0.25) is 11.7 Å². The Morgan fingerprint density at radius 1 is 1.14 bits per heavy atom. The second kappa shape index (κ2) is 5.58. The van der Waals surface area contributed by atoms with Crippen molar-refractivity contribution in [3.05, 3.63) is 48.6 Å². The number of fused-ring (bicyclic) bond motifs is 1. The maximum Gasteiger partial charge on any atom is 0.240 e. The number of para-hydroxylation sites is 1. The van der Waals surface area contributed by atoms with Crippen LogP contribution in [0.15, 0.2) is 55.9 Å². The summed E-state index contributed by atoms with van der Waals surface area (Å²) in [7, 11) is 0. The van der Waals surface area contributed by atoms with Crippen LogP contribution in [0.25, 0.3) is 21.8 Å². The molecule has 0 aliphatic carbocycles. The molecule has 4 rings (SSSR count). The molecule has 0 unspecified atom stereocenters. The summed E-state index contributed by atoms with van der Waals surface area (Å²) in [6, 6.07) is 11.7. The van der Waals surface area contributed by atoms with Gasteiger partial charge in [0.1, 0.15) is 0 Å². The normalized spacial score (nSPS) is 12.8. The largest absolute Gasteiger partial charge is 0.461 e. The Kier molecular flexibility index (Phi) is 3.44. The van der Waals surface area contributed by atoms with Gasteiger partial charge in [-0.05, 0) is 31.2 Å². The molecule has 0 bridgehead atoms. The molecule has 0 amide bonds. The summed E-state index contributed by atoms with van der Waals surface area (Å²) in [5, 5.41) is 3.98. The number of hydrogen-bond donors (Lipinski definition) is 0. The van der Waals surface area contributed by atoms with E-state index in [4.69, 9.17) is 8.94 Å². The lowest BCUT2D eigenvalue weighted by atomic mass is 10.3. The summed E-state index contributed by atoms with van der Waals surface area (Å²) in [5.41, 5.74) is 1.02. The molecule has 3 heterocycles. The predicted octanol–water partition coefficient (Wildman–Crippen LogP) is 4.79. The summed E-state index contributed by atoms with van der Waals surface area (Å²) in [5.74, 6) is 1.64. The van der Waals surface area contributed by atoms with E-state index in [1.807, 2.05) is 25.1 Å². The molecule has 0 spiro atoms. The maximum absolute atomic E-state index is 5.33. The molecule has 0 aliphatic rings. The van der Waals surface area contributed by atoms with Crippen molar-refractivity contribution in [1.82, 2.24) is 15.1 Å². The van der Waals surface area contributed by atoms with Gasteiger partial charge in [-0.1, -0.05) is 29.1 Å². The SMILES string of the molecule is C[C@H](Sc1nc2ccccc2s1)c1nc(-c2ccco2)no1. The van der Waals surface area contributed by atoms with Crippen molar-refractivity contribution >= 4 is 33.3 Å². The van der Waals surface area contributed by atoms with Crippen molar-refractivity contribution in [2.24, 2.45) is 0 Å². The average Bonchev–Trinajstić information content (AvgIpc) is 3.26. The van der Waals surface area contributed by atoms with Crippen molar-refractivity contribution in [3.63, 3.8) is 0 Å². The average molecular weight is 329 g/mol. The highest BCUT2D eigenvalue weighted by molar-refractivity contribution is 8.01. The van der Waals surface area contributed by atoms with Crippen molar-refractivity contribution in [1.29, 1.82) is 0 Å². The Morgan fingerprint density at radius 3 is 2.86 bits per heavy atom. The highest BCUT2D eigenvalue weighted by Gasteiger charge is 2.19. The van der Waals surface area contributed by atoms with Gasteiger partial charge in [-0.15, -0.1) is 11.3 Å². The minimum absolute atomic E-state index is 0.0248. The Hall–Kier alpha value is -2.12. The number of hydrogen-bond acceptors (Lipinski definition) is 7. The molecule has 1 atom stereocenters. The van der Waals surface area contributed by atoms with E-state index in [1.165, 1.54) is 4.70 Å². The van der Waals surface area contributed by atoms with Crippen LogP contribution in [0.3, 0.4) is 0 Å². The summed E-state index contributed by atoms with van der Waals surface area (Å²) in [6.45, 7) is 2.02. The number of aromatic nitrogens is 3. The Balaban J connectivity index is 1.55. The molecular formula is C15H11N3O2S2. The molecule has 7 heteroatoms. The molecular weight excluding hydrogens is 318 g/mol. The summed E-state index contributed by atoms with van der Waals surface area (Å²) >= 11 is 3.28. The van der Waals surface area contributed by atoms with E-state index >= 15 is 0 Å². The number of benzene rings is 1. The molecule has 3 aromatic heterocycles. The van der Waals surface area contributed by atoms with Gasteiger partial charge >= 0.3 is 0 Å². The third kappa shape index (κ3) is 2.53. The fourth-order valence-corrected chi connectivity index (χ4v) is 4.25. The van der Waals surface area contributed by atoms with Crippen LogP contribution in [-0.4, -0.2) is 15.1 Å². The van der Waals surface area contributed by atoms with Crippen LogP contribution in [0.5, 0.6) is 0 Å². The molecule has 0 fully saturated rings. The fraction of sp³-hybridized carbons (Fsp3) is 0.133. The highest BCUT2D eigenvalue weighted by atomic mass is 32.2. The number of thiazole rings is 1. The molecule has 5 nitrogen and oxygen atoms in total. The van der Waals surface area contributed by atoms with Crippen LogP contribution >= 0.6 is 23.1 Å². The number of rotatable bonds is 4. The van der Waals surface area contributed by atoms with Gasteiger partial charge in [-0.2, -0.15) is 4.98 Å². The van der Waals surface area contributed by atoms with Crippen molar-refractivity contribution < 1.29 is 8.94 Å². The van der Waals surface area contributed by atoms with Crippen molar-refractivity contribution in [3.8, 4) is 11.6 Å². The minimum atomic E-state index is 0.0248. The van der Waals surface area contributed by atoms with E-state index in [0.717, 1.165) is 9.86 Å². The molecule has 0 saturated heterocycles. The summed E-state index contributed by atoms with van der Waals surface area (Å²) in [6.07, 6.45) is 1.59. The Morgan fingerprint density at radius 2 is 2.05 bits per heavy atom. The second-order valence-corrected chi connectivity index (χ2v) is 7.26. The first-order chi connectivity index (χ1) is 10.8. The van der Waals surface area contributed by atoms with Crippen molar-refractivity contribution in [2.45, 2.75) is 16.5 Å². The van der Waals surface area contributed by atoms with Gasteiger partial charge in [0.05, 0.1) is 21.7 Å². The maximum atomic E-state index is 5.33. The van der Waals surface area contributed by atoms with E-state index in [0.29, 0.717) is 17.5 Å². The van der Waals surface area contributed by atoms with Crippen LogP contribution in [-0.2, 0) is 0 Å². The Labute approximate surface area is 134 Å². The lowest BCUT2D eigenvalue weighted by Crippen LogP contribution is -1.88. The highest BCUT2D eigenvalue weighted by Crippen LogP contribution is 2.38. The van der Waals surface area contributed by atoms with E-state index in [2.05, 4.69) is 21.2 Å². The van der Waals surface area contributed by atoms with E-state index in [1.54, 1.807) is 41.5 Å². The van der Waals surface area contributed by atoms with Gasteiger partial charge in [-0.3, -0.25) is 0 Å². The van der Waals surface area contributed by atoms with Gasteiger partial charge in [0, 0.05) is 0 Å². The Bertz CT molecular complexity index is 865. The van der Waals surface area contributed by atoms with Gasteiger partial charge in [0.15, 0.2) is 10.1 Å². The zero-order valence-corrected chi connectivity index (χ0v) is 13.2. The number of furan rings is 1. The summed E-state index contributed by atoms with van der Waals surface area (Å²) in [4.78, 5) is 9.00. The van der Waals surface area contributed by atoms with Crippen LogP contribution in [0.4, 0.5) is 0 Å². The first-order valence-corrected chi connectivity index (χ1v) is 8.39. The van der Waals surface area contributed by atoms with Crippen molar-refractivity contribution in [2.75, 3.05) is 0 Å². The van der Waals surface area contributed by atoms with Crippen LogP contribution in [0.1, 0.15) is 18.1 Å². The molecule has 110 valence electrons.